The number of hydrogen-bond acceptors (Lipinski definition) is 4. The van der Waals surface area contributed by atoms with Crippen LogP contribution in [0.25, 0.3) is 10.9 Å². The molecule has 1 aliphatic heterocycles. The molecule has 0 bridgehead atoms. The third-order valence-electron chi connectivity index (χ3n) is 5.40. The summed E-state index contributed by atoms with van der Waals surface area (Å²) < 4.78 is 7.57. The minimum Gasteiger partial charge on any atom is -0.396 e. The van der Waals surface area contributed by atoms with Gasteiger partial charge in [0.25, 0.3) is 0 Å². The Hall–Kier alpha value is -1.89. The van der Waals surface area contributed by atoms with E-state index in [2.05, 4.69) is 34.8 Å². The first-order valence-corrected chi connectivity index (χ1v) is 9.25. The molecule has 1 amide bonds. The number of carbonyl (C=O) groups is 1. The number of para-hydroxylation sites is 1. The van der Waals surface area contributed by atoms with E-state index in [4.69, 9.17) is 10.5 Å². The molecule has 1 aromatic carbocycles. The van der Waals surface area contributed by atoms with Crippen LogP contribution in [-0.4, -0.2) is 53.9 Å². The molecule has 0 saturated carbocycles. The number of primary amides is 1. The fourth-order valence-electron chi connectivity index (χ4n) is 3.95. The van der Waals surface area contributed by atoms with E-state index in [1.54, 1.807) is 0 Å². The zero-order chi connectivity index (χ0) is 18.6. The first kappa shape index (κ1) is 18.9. The van der Waals surface area contributed by atoms with Crippen molar-refractivity contribution in [1.82, 2.24) is 9.47 Å². The average molecular weight is 359 g/mol. The predicted molar refractivity (Wildman–Crippen MR) is 102 cm³/mol. The van der Waals surface area contributed by atoms with E-state index < -0.39 is 0 Å². The summed E-state index contributed by atoms with van der Waals surface area (Å²) in [7, 11) is 2.10. The molecule has 0 aliphatic carbocycles. The van der Waals surface area contributed by atoms with Crippen molar-refractivity contribution in [2.75, 3.05) is 33.4 Å². The summed E-state index contributed by atoms with van der Waals surface area (Å²) in [6.07, 6.45) is 4.25. The molecule has 2 heterocycles. The Morgan fingerprint density at radius 2 is 2.08 bits per heavy atom. The minimum absolute atomic E-state index is 0.0721. The van der Waals surface area contributed by atoms with Gasteiger partial charge in [-0.2, -0.15) is 0 Å². The minimum atomic E-state index is -0.286. The maximum absolute atomic E-state index is 11.1. The molecule has 6 nitrogen and oxygen atoms in total. The highest BCUT2D eigenvalue weighted by atomic mass is 16.5. The molecule has 2 aromatic rings. The molecule has 142 valence electrons. The van der Waals surface area contributed by atoms with Crippen molar-refractivity contribution in [3.8, 4) is 0 Å². The molecule has 0 unspecified atom stereocenters. The van der Waals surface area contributed by atoms with Crippen LogP contribution in [0.2, 0.25) is 0 Å². The van der Waals surface area contributed by atoms with Crippen molar-refractivity contribution in [1.29, 1.82) is 0 Å². The van der Waals surface area contributed by atoms with Crippen molar-refractivity contribution in [3.63, 3.8) is 0 Å². The van der Waals surface area contributed by atoms with Crippen LogP contribution in [-0.2, 0) is 22.6 Å². The number of nitrogens with two attached hydrogens (primary N) is 1. The topological polar surface area (TPSA) is 80.7 Å². The number of aliphatic hydroxyl groups excluding tert-OH is 1. The number of fused-ring (bicyclic) bond motifs is 1. The van der Waals surface area contributed by atoms with Crippen LogP contribution in [0.1, 0.15) is 24.8 Å². The molecule has 1 aromatic heterocycles. The zero-order valence-electron chi connectivity index (χ0n) is 15.5. The molecule has 3 N–H and O–H groups in total. The van der Waals surface area contributed by atoms with Gasteiger partial charge < -0.3 is 25.0 Å². The number of amides is 1. The molecule has 26 heavy (non-hydrogen) atoms. The van der Waals surface area contributed by atoms with Crippen molar-refractivity contribution in [3.05, 3.63) is 36.0 Å². The van der Waals surface area contributed by atoms with Crippen molar-refractivity contribution >= 4 is 16.8 Å². The number of ether oxygens (including phenoxy) is 1. The number of rotatable bonds is 8. The number of carbonyl (C=O) groups excluding carboxylic acids is 1. The van der Waals surface area contributed by atoms with Crippen LogP contribution in [0.15, 0.2) is 30.5 Å². The monoisotopic (exact) mass is 359 g/mol. The lowest BCUT2D eigenvalue weighted by Gasteiger charge is -2.38. The van der Waals surface area contributed by atoms with Crippen molar-refractivity contribution < 1.29 is 14.6 Å². The molecule has 1 fully saturated rings. The largest absolute Gasteiger partial charge is 0.396 e. The lowest BCUT2D eigenvalue weighted by atomic mass is 9.80. The van der Waals surface area contributed by atoms with E-state index in [1.807, 2.05) is 12.1 Å². The second-order valence-electron chi connectivity index (χ2n) is 7.52. The van der Waals surface area contributed by atoms with Gasteiger partial charge in [0, 0.05) is 61.8 Å². The van der Waals surface area contributed by atoms with E-state index in [1.165, 1.54) is 10.9 Å². The number of aliphatic hydroxyl groups is 1. The zero-order valence-corrected chi connectivity index (χ0v) is 15.5. The first-order chi connectivity index (χ1) is 12.5. The maximum atomic E-state index is 11.1. The molecule has 1 aliphatic rings. The van der Waals surface area contributed by atoms with Crippen LogP contribution in [0.4, 0.5) is 0 Å². The van der Waals surface area contributed by atoms with Crippen LogP contribution in [0, 0.1) is 5.41 Å². The van der Waals surface area contributed by atoms with E-state index in [0.29, 0.717) is 13.0 Å². The molecular formula is C20H29N3O3. The lowest BCUT2D eigenvalue weighted by molar-refractivity contribution is -0.118. The van der Waals surface area contributed by atoms with Gasteiger partial charge in [-0.15, -0.1) is 0 Å². The lowest BCUT2D eigenvalue weighted by Crippen LogP contribution is -2.42. The molecule has 0 spiro atoms. The Morgan fingerprint density at radius 1 is 1.35 bits per heavy atom. The van der Waals surface area contributed by atoms with Crippen molar-refractivity contribution in [2.24, 2.45) is 11.1 Å². The Bertz CT molecular complexity index is 750. The second-order valence-corrected chi connectivity index (χ2v) is 7.52. The van der Waals surface area contributed by atoms with Gasteiger partial charge in [-0.05, 0) is 31.5 Å². The summed E-state index contributed by atoms with van der Waals surface area (Å²) in [5.74, 6) is -0.286. The molecule has 0 radical (unpaired) electrons. The third kappa shape index (κ3) is 4.26. The Morgan fingerprint density at radius 3 is 2.77 bits per heavy atom. The van der Waals surface area contributed by atoms with Gasteiger partial charge in [-0.25, -0.2) is 0 Å². The first-order valence-electron chi connectivity index (χ1n) is 9.25. The summed E-state index contributed by atoms with van der Waals surface area (Å²) in [6.45, 7) is 3.88. The smallest absolute Gasteiger partial charge is 0.219 e. The number of benzene rings is 1. The molecule has 1 saturated heterocycles. The number of nitrogens with zero attached hydrogens (tertiary/aromatic N) is 2. The van der Waals surface area contributed by atoms with E-state index in [-0.39, 0.29) is 17.9 Å². The Kier molecular flexibility index (Phi) is 5.96. The van der Waals surface area contributed by atoms with Gasteiger partial charge >= 0.3 is 0 Å². The van der Waals surface area contributed by atoms with Gasteiger partial charge in [0.15, 0.2) is 0 Å². The average Bonchev–Trinajstić information content (AvgIpc) is 2.98. The summed E-state index contributed by atoms with van der Waals surface area (Å²) in [4.78, 5) is 13.4. The highest BCUT2D eigenvalue weighted by Gasteiger charge is 2.33. The Balaban J connectivity index is 1.76. The van der Waals surface area contributed by atoms with Crippen LogP contribution in [0.3, 0.4) is 0 Å². The number of aryl methyl sites for hydroxylation is 1. The van der Waals surface area contributed by atoms with Crippen LogP contribution < -0.4 is 5.73 Å². The highest BCUT2D eigenvalue weighted by Crippen LogP contribution is 2.31. The fourth-order valence-corrected chi connectivity index (χ4v) is 3.95. The van der Waals surface area contributed by atoms with Gasteiger partial charge in [0.2, 0.25) is 5.91 Å². The fraction of sp³-hybridized carbons (Fsp3) is 0.550. The highest BCUT2D eigenvalue weighted by molar-refractivity contribution is 5.84. The summed E-state index contributed by atoms with van der Waals surface area (Å²) in [5, 5.41) is 11.1. The normalized spacial score (nSPS) is 17.0. The second kappa shape index (κ2) is 8.20. The van der Waals surface area contributed by atoms with Crippen molar-refractivity contribution in [2.45, 2.75) is 32.4 Å². The quantitative estimate of drug-likeness (QED) is 0.752. The number of hydrogen-bond donors (Lipinski definition) is 2. The van der Waals surface area contributed by atoms with E-state index in [9.17, 15) is 9.90 Å². The standard InChI is InChI=1S/C20H29N3O3/c1-22(14-20(15-24)7-10-26-11-8-20)12-16-13-23(9-6-19(21)25)18-5-3-2-4-17(16)18/h2-5,13,24H,6-12,14-15H2,1H3,(H2,21,25). The van der Waals surface area contributed by atoms with Crippen LogP contribution >= 0.6 is 0 Å². The predicted octanol–water partition coefficient (Wildman–Crippen LogP) is 1.74. The maximum Gasteiger partial charge on any atom is 0.219 e. The summed E-state index contributed by atoms with van der Waals surface area (Å²) in [6, 6.07) is 8.25. The molecule has 6 heteroatoms. The van der Waals surface area contributed by atoms with Gasteiger partial charge in [-0.1, -0.05) is 18.2 Å². The van der Waals surface area contributed by atoms with Gasteiger partial charge in [-0.3, -0.25) is 4.79 Å². The Labute approximate surface area is 154 Å². The van der Waals surface area contributed by atoms with Crippen LogP contribution in [0.5, 0.6) is 0 Å². The third-order valence-corrected chi connectivity index (χ3v) is 5.40. The molecule has 3 rings (SSSR count). The van der Waals surface area contributed by atoms with Gasteiger partial charge in [0.1, 0.15) is 0 Å². The van der Waals surface area contributed by atoms with E-state index >= 15 is 0 Å². The SMILES string of the molecule is CN(Cc1cn(CCC(N)=O)c2ccccc12)CC1(CO)CCOCC1. The molecule has 0 atom stereocenters. The summed E-state index contributed by atoms with van der Waals surface area (Å²) >= 11 is 0. The summed E-state index contributed by atoms with van der Waals surface area (Å²) in [5.41, 5.74) is 7.59. The number of aromatic nitrogens is 1. The van der Waals surface area contributed by atoms with Gasteiger partial charge in [0.05, 0.1) is 6.61 Å². The molecular weight excluding hydrogens is 330 g/mol. The van der Waals surface area contributed by atoms with E-state index in [0.717, 1.165) is 44.7 Å².